The van der Waals surface area contributed by atoms with Gasteiger partial charge in [-0.1, -0.05) is 0 Å². The molecule has 13 heavy (non-hydrogen) atoms. The van der Waals surface area contributed by atoms with Gasteiger partial charge in [0.1, 0.15) is 0 Å². The molecular formula is AmN3O9. The topological polar surface area (TPSA) is 199 Å². The molecule has 0 unspecified atom stereocenters. The molecule has 0 saturated carbocycles. The molecule has 0 atom stereocenters. The van der Waals surface area contributed by atoms with Crippen molar-refractivity contribution in [2.45, 2.75) is 0 Å². The summed E-state index contributed by atoms with van der Waals surface area (Å²) in [5, 5.41) is 44.2. The van der Waals surface area contributed by atoms with E-state index in [2.05, 4.69) is 0 Å². The Balaban J connectivity index is -0.0000000450. The van der Waals surface area contributed by atoms with Gasteiger partial charge < -0.3 is 46.0 Å². The van der Waals surface area contributed by atoms with Gasteiger partial charge in [0.15, 0.2) is 0 Å². The number of hydrogen-bond acceptors (Lipinski definition) is 9. The number of nitrogens with zero attached hydrogens (tertiary/aromatic N) is 3. The minimum Gasteiger partial charge on any atom is -0.356 e. The van der Waals surface area contributed by atoms with Crippen LogP contribution in [0, 0.1) is 60.2 Å². The summed E-state index contributed by atoms with van der Waals surface area (Å²) in [5.41, 5.74) is 0. The first kappa shape index (κ1) is 22.4. The van der Waals surface area contributed by atoms with Crippen molar-refractivity contribution in [2.75, 3.05) is 0 Å². The molecule has 0 bridgehead atoms. The Morgan fingerprint density at radius 3 is 0.538 bits per heavy atom. The maximum Gasteiger partial charge on any atom is 3.00 e. The molecule has 0 aliphatic carbocycles. The maximum absolute atomic E-state index is 8.25. The van der Waals surface area contributed by atoms with E-state index in [9.17, 15) is 0 Å². The van der Waals surface area contributed by atoms with E-state index in [1.54, 1.807) is 0 Å². The summed E-state index contributed by atoms with van der Waals surface area (Å²) >= 11 is 0. The Morgan fingerprint density at radius 2 is 0.538 bits per heavy atom. The van der Waals surface area contributed by atoms with Gasteiger partial charge in [-0.15, -0.1) is 0 Å². The average Bonchev–Trinajstić information content (AvgIpc) is 1.54. The van der Waals surface area contributed by atoms with Crippen LogP contribution >= 0.6 is 0 Å². The Kier molecular flexibility index (Phi) is 28.5. The summed E-state index contributed by atoms with van der Waals surface area (Å²) in [6.07, 6.45) is 0. The Labute approximate surface area is 76.5 Å². The summed E-state index contributed by atoms with van der Waals surface area (Å²) in [6, 6.07) is 0. The Morgan fingerprint density at radius 1 is 0.538 bits per heavy atom. The van der Waals surface area contributed by atoms with E-state index < -0.39 is 15.3 Å². The van der Waals surface area contributed by atoms with E-state index in [-0.39, 0.29) is 14.3 Å². The van der Waals surface area contributed by atoms with Crippen molar-refractivity contribution < 1.29 is 29.5 Å². The van der Waals surface area contributed by atoms with Crippen molar-refractivity contribution in [1.82, 2.24) is 0 Å². The van der Waals surface area contributed by atoms with E-state index >= 15 is 0 Å². The predicted octanol–water partition coefficient (Wildman–Crippen LogP) is -0.717. The van der Waals surface area contributed by atoms with Crippen molar-refractivity contribution in [1.29, 1.82) is 0 Å². The van der Waals surface area contributed by atoms with Gasteiger partial charge >= 0.3 is 14.3 Å². The maximum atomic E-state index is 8.25. The van der Waals surface area contributed by atoms with E-state index in [1.165, 1.54) is 0 Å². The van der Waals surface area contributed by atoms with E-state index in [4.69, 9.17) is 46.0 Å². The van der Waals surface area contributed by atoms with Crippen LogP contribution in [0.2, 0.25) is 0 Å². The first-order valence-electron chi connectivity index (χ1n) is 1.64. The van der Waals surface area contributed by atoms with Gasteiger partial charge in [0, 0.05) is 0 Å². The molecule has 0 aliphatic rings. The van der Waals surface area contributed by atoms with E-state index in [0.29, 0.717) is 0 Å². The molecule has 76 valence electrons. The van der Waals surface area contributed by atoms with E-state index in [1.807, 2.05) is 0 Å². The van der Waals surface area contributed by atoms with Crippen LogP contribution in [0.15, 0.2) is 0 Å². The molecule has 0 saturated heterocycles. The molecule has 0 amide bonds. The molecule has 0 aromatic carbocycles. The second kappa shape index (κ2) is 16.5. The smallest absolute Gasteiger partial charge is 0.356 e. The first-order chi connectivity index (χ1) is 5.20. The molecule has 12 nitrogen and oxygen atoms in total. The molecule has 0 N–H and O–H groups in total. The zero-order chi connectivity index (χ0) is 10.7. The van der Waals surface area contributed by atoms with Gasteiger partial charge in [0.2, 0.25) is 0 Å². The summed E-state index contributed by atoms with van der Waals surface area (Å²) in [6.45, 7) is 0. The first-order valence-corrected chi connectivity index (χ1v) is 1.64. The minimum absolute atomic E-state index is 0. The third-order valence-corrected chi connectivity index (χ3v) is 0. The number of hydrogen-bond donors (Lipinski definition) is 0. The standard InChI is InChI=1S/Am.3NO3/c;3*2-1(3)4/q+3;3*-1. The third kappa shape index (κ3) is 158. The molecule has 0 aliphatic heterocycles. The Hall–Kier alpha value is -2.01. The molecule has 13 heteroatoms. The van der Waals surface area contributed by atoms with Gasteiger partial charge in [-0.3, -0.25) is 0 Å². The molecule has 0 heterocycles. The predicted molar refractivity (Wildman–Crippen MR) is 31.1 cm³/mol. The fourth-order valence-corrected chi connectivity index (χ4v) is 0. The normalized spacial score (nSPS) is 5.54. The van der Waals surface area contributed by atoms with Crippen LogP contribution < -0.4 is 0 Å². The zero-order valence-corrected chi connectivity index (χ0v) is 8.54. The van der Waals surface area contributed by atoms with E-state index in [0.717, 1.165) is 0 Å². The zero-order valence-electron chi connectivity index (χ0n) is 5.39. The quantitative estimate of drug-likeness (QED) is 0.352. The van der Waals surface area contributed by atoms with Crippen molar-refractivity contribution in [3.8, 4) is 0 Å². The van der Waals surface area contributed by atoms with Gasteiger partial charge in [0.25, 0.3) is 0 Å². The molecule has 0 aromatic rings. The van der Waals surface area contributed by atoms with Gasteiger partial charge in [-0.2, -0.15) is 0 Å². The van der Waals surface area contributed by atoms with Crippen molar-refractivity contribution in [2.24, 2.45) is 0 Å². The summed E-state index contributed by atoms with van der Waals surface area (Å²) in [5.74, 6) is 0. The minimum atomic E-state index is -1.75. The SMILES string of the molecule is O=[N+]([O-])[O-].O=[N+]([O-])[O-].O=[N+]([O-])[O-].[Am+3]. The van der Waals surface area contributed by atoms with Crippen molar-refractivity contribution in [3.05, 3.63) is 46.0 Å². The average molecular weight is 429 g/mol. The summed E-state index contributed by atoms with van der Waals surface area (Å²) in [4.78, 5) is 24.8. The van der Waals surface area contributed by atoms with Crippen LogP contribution in [0.4, 0.5) is 0 Å². The number of rotatable bonds is 0. The fraction of sp³-hybridized carbons (Fsp3) is 0. The third-order valence-electron chi connectivity index (χ3n) is 0. The van der Waals surface area contributed by atoms with Gasteiger partial charge in [-0.05, 0) is 0 Å². The second-order valence-electron chi connectivity index (χ2n) is 0.671. The van der Waals surface area contributed by atoms with Crippen molar-refractivity contribution in [3.63, 3.8) is 0 Å². The van der Waals surface area contributed by atoms with Gasteiger partial charge in [0.05, 0.1) is 15.3 Å². The Bertz CT molecular complexity index is 112. The van der Waals surface area contributed by atoms with Crippen LogP contribution in [0.5, 0.6) is 0 Å². The molecule has 0 aromatic heterocycles. The molecule has 0 radical (unpaired) electrons. The van der Waals surface area contributed by atoms with Crippen LogP contribution in [0.3, 0.4) is 0 Å². The fourth-order valence-electron chi connectivity index (χ4n) is 0. The van der Waals surface area contributed by atoms with Crippen molar-refractivity contribution >= 4 is 0 Å². The van der Waals surface area contributed by atoms with Gasteiger partial charge in [-0.25, -0.2) is 0 Å². The monoisotopic (exact) mass is 427 g/mol. The molecule has 0 spiro atoms. The second-order valence-corrected chi connectivity index (χ2v) is 0.671. The van der Waals surface area contributed by atoms with Crippen LogP contribution in [0.25, 0.3) is 0 Å². The summed E-state index contributed by atoms with van der Waals surface area (Å²) < 4.78 is 0. The molecule has 0 fully saturated rings. The molecule has 0 rings (SSSR count). The van der Waals surface area contributed by atoms with Crippen LogP contribution in [-0.2, 0) is 0 Å². The van der Waals surface area contributed by atoms with Crippen LogP contribution in [0.1, 0.15) is 0 Å². The molecular weight excluding hydrogens is 429 g/mol. The summed E-state index contributed by atoms with van der Waals surface area (Å²) in [7, 11) is 0. The largest absolute Gasteiger partial charge is 3.00 e. The van der Waals surface area contributed by atoms with Crippen LogP contribution in [-0.4, -0.2) is 15.3 Å².